The highest BCUT2D eigenvalue weighted by molar-refractivity contribution is 7.80. The largest absolute Gasteiger partial charge is 0.351 e. The zero-order chi connectivity index (χ0) is 24.7. The molecule has 0 saturated carbocycles. The number of benzene rings is 3. The predicted octanol–water partition coefficient (Wildman–Crippen LogP) is 6.50. The lowest BCUT2D eigenvalue weighted by Crippen LogP contribution is -2.46. The van der Waals surface area contributed by atoms with Crippen LogP contribution in [0.4, 0.5) is 14.5 Å². The van der Waals surface area contributed by atoms with Gasteiger partial charge in [-0.2, -0.15) is 4.98 Å². The Morgan fingerprint density at radius 2 is 1.54 bits per heavy atom. The molecule has 0 fully saturated rings. The number of thiocarbonyl (C=S) groups is 1. The third-order valence-electron chi connectivity index (χ3n) is 6.20. The third-order valence-corrected chi connectivity index (χ3v) is 6.50. The molecule has 0 amide bonds. The van der Waals surface area contributed by atoms with Crippen LogP contribution in [-0.2, 0) is 0 Å². The fraction of sp³-hybridized carbons (Fsp3) is 0.148. The normalized spacial score (nSPS) is 16.0. The van der Waals surface area contributed by atoms with Gasteiger partial charge in [-0.3, -0.25) is 4.90 Å². The summed E-state index contributed by atoms with van der Waals surface area (Å²) in [5.74, 6) is -0.0482. The standard InChI is InChI=1S/C27H22F2N4OS/c1-15-4-13-22(14-16(15)2)33-17(3)23(24(30-27(33)35)18-5-9-20(28)10-6-18)26-31-25(32-34-26)19-7-11-21(29)12-8-19/h4-14,24H,1-3H3,(H,30,35). The second-order valence-corrected chi connectivity index (χ2v) is 8.85. The van der Waals surface area contributed by atoms with Crippen LogP contribution in [-0.4, -0.2) is 15.3 Å². The Hall–Kier alpha value is -3.91. The van der Waals surface area contributed by atoms with Gasteiger partial charge >= 0.3 is 0 Å². The summed E-state index contributed by atoms with van der Waals surface area (Å²) in [7, 11) is 0. The molecule has 1 aromatic heterocycles. The molecule has 5 rings (SSSR count). The van der Waals surface area contributed by atoms with Gasteiger partial charge in [-0.1, -0.05) is 23.4 Å². The second kappa shape index (κ2) is 9.03. The first-order valence-corrected chi connectivity index (χ1v) is 11.5. The number of nitrogens with zero attached hydrogens (tertiary/aromatic N) is 3. The smallest absolute Gasteiger partial charge is 0.258 e. The number of nitrogens with one attached hydrogen (secondary N) is 1. The molecule has 0 aliphatic carbocycles. The third kappa shape index (κ3) is 4.33. The molecule has 1 atom stereocenters. The summed E-state index contributed by atoms with van der Waals surface area (Å²) in [6.45, 7) is 6.05. The van der Waals surface area contributed by atoms with Crippen LogP contribution < -0.4 is 10.2 Å². The number of anilines is 1. The molecule has 5 nitrogen and oxygen atoms in total. The van der Waals surface area contributed by atoms with Crippen LogP contribution in [0.2, 0.25) is 0 Å². The molecule has 0 spiro atoms. The van der Waals surface area contributed by atoms with Crippen molar-refractivity contribution < 1.29 is 13.3 Å². The zero-order valence-corrected chi connectivity index (χ0v) is 20.2. The minimum absolute atomic E-state index is 0.292. The number of halogens is 2. The highest BCUT2D eigenvalue weighted by Crippen LogP contribution is 2.39. The van der Waals surface area contributed by atoms with Gasteiger partial charge in [0.2, 0.25) is 5.82 Å². The first kappa shape index (κ1) is 22.9. The van der Waals surface area contributed by atoms with E-state index in [0.717, 1.165) is 22.5 Å². The van der Waals surface area contributed by atoms with E-state index in [4.69, 9.17) is 16.7 Å². The van der Waals surface area contributed by atoms with E-state index in [0.29, 0.717) is 28.0 Å². The molecule has 1 N–H and O–H groups in total. The molecule has 176 valence electrons. The van der Waals surface area contributed by atoms with Gasteiger partial charge in [0.05, 0.1) is 11.6 Å². The number of allylic oxidation sites excluding steroid dienone is 1. The average molecular weight is 489 g/mol. The predicted molar refractivity (Wildman–Crippen MR) is 136 cm³/mol. The molecule has 3 aromatic carbocycles. The van der Waals surface area contributed by atoms with Gasteiger partial charge < -0.3 is 9.84 Å². The fourth-order valence-corrected chi connectivity index (χ4v) is 4.51. The lowest BCUT2D eigenvalue weighted by molar-refractivity contribution is 0.404. The van der Waals surface area contributed by atoms with Crippen LogP contribution >= 0.6 is 12.2 Å². The Kier molecular flexibility index (Phi) is 5.90. The summed E-state index contributed by atoms with van der Waals surface area (Å²) in [6, 6.07) is 17.8. The van der Waals surface area contributed by atoms with E-state index >= 15 is 0 Å². The Morgan fingerprint density at radius 1 is 0.886 bits per heavy atom. The molecular formula is C27H22F2N4OS. The number of aromatic nitrogens is 2. The molecule has 0 radical (unpaired) electrons. The number of hydrogen-bond acceptors (Lipinski definition) is 4. The van der Waals surface area contributed by atoms with E-state index in [9.17, 15) is 8.78 Å². The Bertz CT molecular complexity index is 1450. The average Bonchev–Trinajstić information content (AvgIpc) is 3.31. The first-order chi connectivity index (χ1) is 16.8. The van der Waals surface area contributed by atoms with Gasteiger partial charge in [0.25, 0.3) is 5.89 Å². The SMILES string of the molecule is CC1=C(c2nc(-c3ccc(F)cc3)no2)C(c2ccc(F)cc2)NC(=S)N1c1ccc(C)c(C)c1. The molecule has 2 heterocycles. The Morgan fingerprint density at radius 3 is 2.20 bits per heavy atom. The number of rotatable bonds is 4. The Labute approximate surface area is 207 Å². The fourth-order valence-electron chi connectivity index (χ4n) is 4.15. The van der Waals surface area contributed by atoms with Crippen molar-refractivity contribution in [2.45, 2.75) is 26.8 Å². The lowest BCUT2D eigenvalue weighted by atomic mass is 9.94. The molecule has 0 bridgehead atoms. The van der Waals surface area contributed by atoms with E-state index < -0.39 is 6.04 Å². The molecule has 35 heavy (non-hydrogen) atoms. The van der Waals surface area contributed by atoms with Crippen molar-refractivity contribution in [2.75, 3.05) is 4.90 Å². The number of aryl methyl sites for hydroxylation is 2. The molecule has 8 heteroatoms. The van der Waals surface area contributed by atoms with Gasteiger partial charge in [-0.15, -0.1) is 0 Å². The van der Waals surface area contributed by atoms with Crippen molar-refractivity contribution >= 4 is 28.6 Å². The minimum Gasteiger partial charge on any atom is -0.351 e. The quantitative estimate of drug-likeness (QED) is 0.331. The lowest BCUT2D eigenvalue weighted by Gasteiger charge is -2.37. The maximum Gasteiger partial charge on any atom is 0.258 e. The minimum atomic E-state index is -0.438. The van der Waals surface area contributed by atoms with Crippen LogP contribution in [0.5, 0.6) is 0 Å². The highest BCUT2D eigenvalue weighted by atomic mass is 32.1. The van der Waals surface area contributed by atoms with Gasteiger partial charge in [0.1, 0.15) is 11.6 Å². The molecule has 1 aliphatic rings. The second-order valence-electron chi connectivity index (χ2n) is 8.47. The van der Waals surface area contributed by atoms with Crippen molar-refractivity contribution in [1.29, 1.82) is 0 Å². The summed E-state index contributed by atoms with van der Waals surface area (Å²) in [4.78, 5) is 6.55. The maximum absolute atomic E-state index is 13.7. The van der Waals surface area contributed by atoms with E-state index in [2.05, 4.69) is 28.4 Å². The zero-order valence-electron chi connectivity index (χ0n) is 19.3. The van der Waals surface area contributed by atoms with E-state index in [-0.39, 0.29) is 11.6 Å². The van der Waals surface area contributed by atoms with Crippen LogP contribution in [0, 0.1) is 25.5 Å². The summed E-state index contributed by atoms with van der Waals surface area (Å²) < 4.78 is 32.8. The summed E-state index contributed by atoms with van der Waals surface area (Å²) >= 11 is 5.77. The van der Waals surface area contributed by atoms with Crippen molar-refractivity contribution in [1.82, 2.24) is 15.5 Å². The maximum atomic E-state index is 13.7. The summed E-state index contributed by atoms with van der Waals surface area (Å²) in [5.41, 5.74) is 6.15. The molecule has 1 aliphatic heterocycles. The molecule has 1 unspecified atom stereocenters. The van der Waals surface area contributed by atoms with Gasteiger partial charge in [-0.05, 0) is 98.2 Å². The van der Waals surface area contributed by atoms with E-state index in [1.165, 1.54) is 29.8 Å². The molecule has 0 saturated heterocycles. The monoisotopic (exact) mass is 488 g/mol. The van der Waals surface area contributed by atoms with Crippen molar-refractivity contribution in [2.24, 2.45) is 0 Å². The topological polar surface area (TPSA) is 54.2 Å². The molecular weight excluding hydrogens is 466 g/mol. The van der Waals surface area contributed by atoms with Crippen LogP contribution in [0.25, 0.3) is 17.0 Å². The van der Waals surface area contributed by atoms with Gasteiger partial charge in [0, 0.05) is 16.9 Å². The Balaban J connectivity index is 1.65. The number of hydrogen-bond donors (Lipinski definition) is 1. The van der Waals surface area contributed by atoms with E-state index in [1.54, 1.807) is 24.3 Å². The summed E-state index contributed by atoms with van der Waals surface area (Å²) in [5, 5.41) is 8.00. The summed E-state index contributed by atoms with van der Waals surface area (Å²) in [6.07, 6.45) is 0. The van der Waals surface area contributed by atoms with Crippen LogP contribution in [0.3, 0.4) is 0 Å². The van der Waals surface area contributed by atoms with E-state index in [1.807, 2.05) is 30.9 Å². The van der Waals surface area contributed by atoms with Crippen LogP contribution in [0.15, 0.2) is 77.0 Å². The van der Waals surface area contributed by atoms with Crippen molar-refractivity contribution in [3.05, 3.63) is 107 Å². The molecule has 4 aromatic rings. The van der Waals surface area contributed by atoms with Crippen LogP contribution in [0.1, 0.15) is 35.5 Å². The first-order valence-electron chi connectivity index (χ1n) is 11.1. The van der Waals surface area contributed by atoms with Crippen molar-refractivity contribution in [3.8, 4) is 11.4 Å². The van der Waals surface area contributed by atoms with Crippen molar-refractivity contribution in [3.63, 3.8) is 0 Å². The van der Waals surface area contributed by atoms with Gasteiger partial charge in [0.15, 0.2) is 5.11 Å². The highest BCUT2D eigenvalue weighted by Gasteiger charge is 2.35. The van der Waals surface area contributed by atoms with Gasteiger partial charge in [-0.25, -0.2) is 8.78 Å².